The Labute approximate surface area is 187 Å². The lowest BCUT2D eigenvalue weighted by atomic mass is 9.93. The minimum Gasteiger partial charge on any atom is -0.508 e. The minimum absolute atomic E-state index is 0.0170. The number of aromatic nitrogens is 2. The number of phenolic OH excluding ortho intramolecular Hbond substituents is 2. The van der Waals surface area contributed by atoms with E-state index < -0.39 is 0 Å². The number of carbonyl (C=O) groups is 1. The molecule has 1 aromatic heterocycles. The number of rotatable bonds is 4. The van der Waals surface area contributed by atoms with Crippen LogP contribution in [-0.4, -0.2) is 38.2 Å². The summed E-state index contributed by atoms with van der Waals surface area (Å²) in [4.78, 5) is 24.1. The van der Waals surface area contributed by atoms with Crippen LogP contribution in [0.5, 0.6) is 11.5 Å². The maximum Gasteiger partial charge on any atom is 0.262 e. The van der Waals surface area contributed by atoms with E-state index in [1.807, 2.05) is 46.0 Å². The fourth-order valence-corrected chi connectivity index (χ4v) is 4.10. The third kappa shape index (κ3) is 4.10. The topological polar surface area (TPSA) is 98.6 Å². The van der Waals surface area contributed by atoms with Crippen LogP contribution in [0.3, 0.4) is 0 Å². The Morgan fingerprint density at radius 3 is 2.69 bits per heavy atom. The van der Waals surface area contributed by atoms with Crippen LogP contribution < -0.4 is 10.2 Å². The van der Waals surface area contributed by atoms with Crippen molar-refractivity contribution in [3.05, 3.63) is 59.3 Å². The van der Waals surface area contributed by atoms with Crippen LogP contribution in [0.15, 0.2) is 42.6 Å². The number of aryl methyl sites for hydroxylation is 2. The van der Waals surface area contributed by atoms with Crippen molar-refractivity contribution < 1.29 is 15.0 Å². The second-order valence-electron chi connectivity index (χ2n) is 8.63. The van der Waals surface area contributed by atoms with Gasteiger partial charge in [0, 0.05) is 35.6 Å². The molecule has 3 aromatic rings. The molecule has 7 nitrogen and oxygen atoms in total. The van der Waals surface area contributed by atoms with Gasteiger partial charge in [-0.25, -0.2) is 9.97 Å². The number of carbonyl (C=O) groups excluding carboxylic acids is 1. The number of benzene rings is 2. The highest BCUT2D eigenvalue weighted by Gasteiger charge is 2.30. The Morgan fingerprint density at radius 2 is 1.97 bits per heavy atom. The fraction of sp³-hybridized carbons (Fsp3) is 0.320. The molecule has 3 N–H and O–H groups in total. The van der Waals surface area contributed by atoms with E-state index in [0.717, 1.165) is 40.9 Å². The molecule has 0 fully saturated rings. The molecule has 166 valence electrons. The molecule has 1 amide bonds. The van der Waals surface area contributed by atoms with Crippen LogP contribution in [0.1, 0.15) is 48.7 Å². The average Bonchev–Trinajstić information content (AvgIpc) is 2.74. The van der Waals surface area contributed by atoms with Crippen molar-refractivity contribution in [3.63, 3.8) is 0 Å². The first-order valence-electron chi connectivity index (χ1n) is 10.8. The van der Waals surface area contributed by atoms with E-state index in [1.54, 1.807) is 4.90 Å². The number of hydrogen-bond acceptors (Lipinski definition) is 6. The van der Waals surface area contributed by atoms with Crippen LogP contribution >= 0.6 is 0 Å². The van der Waals surface area contributed by atoms with Gasteiger partial charge >= 0.3 is 0 Å². The standard InChI is InChI=1S/C25H28N4O3/c1-14(2)27-25-26-13-15(3)23(28-25)18-7-10-21-17(11-18)6-5-16(4)29(21)24(32)20-9-8-19(30)12-22(20)31/h7-14,16,30-31H,5-6H2,1-4H3,(H,26,27,28). The second kappa shape index (κ2) is 8.49. The molecular formula is C25H28N4O3. The lowest BCUT2D eigenvalue weighted by Gasteiger charge is -2.35. The van der Waals surface area contributed by atoms with Gasteiger partial charge in [0.2, 0.25) is 5.95 Å². The zero-order chi connectivity index (χ0) is 23.0. The summed E-state index contributed by atoms with van der Waals surface area (Å²) in [5, 5.41) is 23.0. The van der Waals surface area contributed by atoms with Crippen LogP contribution in [-0.2, 0) is 6.42 Å². The predicted molar refractivity (Wildman–Crippen MR) is 125 cm³/mol. The Bertz CT molecular complexity index is 1180. The first-order chi connectivity index (χ1) is 15.2. The lowest BCUT2D eigenvalue weighted by Crippen LogP contribution is -2.42. The number of nitrogens with zero attached hydrogens (tertiary/aromatic N) is 3. The maximum absolute atomic E-state index is 13.3. The zero-order valence-corrected chi connectivity index (χ0v) is 18.8. The Balaban J connectivity index is 1.72. The van der Waals surface area contributed by atoms with Crippen molar-refractivity contribution in [1.82, 2.24) is 9.97 Å². The number of aromatic hydroxyl groups is 2. The molecule has 1 unspecified atom stereocenters. The highest BCUT2D eigenvalue weighted by atomic mass is 16.3. The summed E-state index contributed by atoms with van der Waals surface area (Å²) in [6.45, 7) is 8.07. The van der Waals surface area contributed by atoms with Crippen molar-refractivity contribution >= 4 is 17.5 Å². The quantitative estimate of drug-likeness (QED) is 0.554. The number of amides is 1. The molecular weight excluding hydrogens is 404 g/mol. The molecule has 0 bridgehead atoms. The van der Waals surface area contributed by atoms with E-state index in [4.69, 9.17) is 4.98 Å². The van der Waals surface area contributed by atoms with Crippen LogP contribution in [0.25, 0.3) is 11.3 Å². The average molecular weight is 433 g/mol. The Kier molecular flexibility index (Phi) is 5.74. The van der Waals surface area contributed by atoms with E-state index in [9.17, 15) is 15.0 Å². The lowest BCUT2D eigenvalue weighted by molar-refractivity contribution is 0.0972. The van der Waals surface area contributed by atoms with Crippen LogP contribution in [0.2, 0.25) is 0 Å². The molecule has 0 spiro atoms. The first-order valence-corrected chi connectivity index (χ1v) is 10.8. The monoisotopic (exact) mass is 432 g/mol. The third-order valence-corrected chi connectivity index (χ3v) is 5.70. The highest BCUT2D eigenvalue weighted by molar-refractivity contribution is 6.09. The van der Waals surface area contributed by atoms with Gasteiger partial charge in [0.15, 0.2) is 0 Å². The van der Waals surface area contributed by atoms with Crippen molar-refractivity contribution in [2.75, 3.05) is 10.2 Å². The summed E-state index contributed by atoms with van der Waals surface area (Å²) >= 11 is 0. The number of nitrogens with one attached hydrogen (secondary N) is 1. The number of fused-ring (bicyclic) bond motifs is 1. The third-order valence-electron chi connectivity index (χ3n) is 5.70. The molecule has 2 heterocycles. The highest BCUT2D eigenvalue weighted by Crippen LogP contribution is 2.36. The zero-order valence-electron chi connectivity index (χ0n) is 18.8. The Hall–Kier alpha value is -3.61. The smallest absolute Gasteiger partial charge is 0.262 e. The van der Waals surface area contributed by atoms with Crippen LogP contribution in [0.4, 0.5) is 11.6 Å². The van der Waals surface area contributed by atoms with E-state index >= 15 is 0 Å². The summed E-state index contributed by atoms with van der Waals surface area (Å²) < 4.78 is 0. The van der Waals surface area contributed by atoms with Crippen molar-refractivity contribution in [3.8, 4) is 22.8 Å². The fourth-order valence-electron chi connectivity index (χ4n) is 4.10. The molecule has 2 aromatic carbocycles. The maximum atomic E-state index is 13.3. The molecule has 32 heavy (non-hydrogen) atoms. The van der Waals surface area contributed by atoms with E-state index in [0.29, 0.717) is 5.95 Å². The van der Waals surface area contributed by atoms with Gasteiger partial charge in [0.1, 0.15) is 11.5 Å². The van der Waals surface area contributed by atoms with E-state index in [2.05, 4.69) is 16.4 Å². The molecule has 4 rings (SSSR count). The van der Waals surface area contributed by atoms with Gasteiger partial charge in [0.25, 0.3) is 5.91 Å². The van der Waals surface area contributed by atoms with Crippen molar-refractivity contribution in [2.45, 2.75) is 52.6 Å². The Morgan fingerprint density at radius 1 is 1.19 bits per heavy atom. The summed E-state index contributed by atoms with van der Waals surface area (Å²) in [6.07, 6.45) is 3.47. The van der Waals surface area contributed by atoms with Crippen LogP contribution in [0, 0.1) is 6.92 Å². The van der Waals surface area contributed by atoms with E-state index in [1.165, 1.54) is 18.2 Å². The molecule has 1 aliphatic heterocycles. The first kappa shape index (κ1) is 21.6. The minimum atomic E-state index is -0.287. The molecule has 0 saturated heterocycles. The number of hydrogen-bond donors (Lipinski definition) is 3. The molecule has 0 radical (unpaired) electrons. The van der Waals surface area contributed by atoms with Gasteiger partial charge < -0.3 is 20.4 Å². The van der Waals surface area contributed by atoms with Gasteiger partial charge in [-0.05, 0) is 75.9 Å². The van der Waals surface area contributed by atoms with Gasteiger partial charge in [-0.1, -0.05) is 6.07 Å². The summed E-state index contributed by atoms with van der Waals surface area (Å²) in [7, 11) is 0. The largest absolute Gasteiger partial charge is 0.508 e. The normalized spacial score (nSPS) is 15.5. The van der Waals surface area contributed by atoms with Crippen molar-refractivity contribution in [1.29, 1.82) is 0 Å². The molecule has 1 aliphatic rings. The van der Waals surface area contributed by atoms with Gasteiger partial charge in [-0.15, -0.1) is 0 Å². The van der Waals surface area contributed by atoms with Crippen molar-refractivity contribution in [2.24, 2.45) is 0 Å². The molecule has 1 atom stereocenters. The SMILES string of the molecule is Cc1cnc(NC(C)C)nc1-c1ccc2c(c1)CCC(C)N2C(=O)c1ccc(O)cc1O. The van der Waals surface area contributed by atoms with Gasteiger partial charge in [-0.2, -0.15) is 0 Å². The van der Waals surface area contributed by atoms with E-state index in [-0.39, 0.29) is 35.1 Å². The van der Waals surface area contributed by atoms with Gasteiger partial charge in [-0.3, -0.25) is 4.79 Å². The van der Waals surface area contributed by atoms with Gasteiger partial charge in [0.05, 0.1) is 11.3 Å². The number of phenols is 2. The summed E-state index contributed by atoms with van der Waals surface area (Å²) in [6, 6.07) is 10.3. The summed E-state index contributed by atoms with van der Waals surface area (Å²) in [5.74, 6) is -0.00745. The molecule has 0 aliphatic carbocycles. The summed E-state index contributed by atoms with van der Waals surface area (Å²) in [5.41, 5.74) is 4.87. The molecule has 0 saturated carbocycles. The second-order valence-corrected chi connectivity index (χ2v) is 8.63. The predicted octanol–water partition coefficient (Wildman–Crippen LogP) is 4.67. The number of anilines is 2. The molecule has 7 heteroatoms.